The summed E-state index contributed by atoms with van der Waals surface area (Å²) in [6.07, 6.45) is 1.84. The first kappa shape index (κ1) is 11.3. The van der Waals surface area contributed by atoms with E-state index >= 15 is 0 Å². The van der Waals surface area contributed by atoms with Crippen LogP contribution in [-0.4, -0.2) is 23.8 Å². The smallest absolute Gasteiger partial charge is 0.325 e. The third kappa shape index (κ3) is 2.62. The van der Waals surface area contributed by atoms with Gasteiger partial charge in [-0.1, -0.05) is 0 Å². The molecule has 1 atom stereocenters. The van der Waals surface area contributed by atoms with Crippen molar-refractivity contribution in [3.8, 4) is 0 Å². The van der Waals surface area contributed by atoms with E-state index in [0.29, 0.717) is 17.4 Å². The van der Waals surface area contributed by atoms with E-state index in [1.165, 1.54) is 23.1 Å². The lowest BCUT2D eigenvalue weighted by Gasteiger charge is -2.09. The molecule has 0 fully saturated rings. The number of esters is 1. The first-order chi connectivity index (χ1) is 6.69. The highest BCUT2D eigenvalue weighted by Gasteiger charge is 2.23. The summed E-state index contributed by atoms with van der Waals surface area (Å²) in [6.45, 7) is 2.17. The Labute approximate surface area is 90.9 Å². The van der Waals surface area contributed by atoms with Crippen molar-refractivity contribution in [2.75, 3.05) is 18.6 Å². The molecule has 0 saturated heterocycles. The number of hydrogen-bond acceptors (Lipinski definition) is 6. The molecule has 78 valence electrons. The number of carbonyl (C=O) groups is 1. The van der Waals surface area contributed by atoms with Crippen LogP contribution >= 0.6 is 23.1 Å². The van der Waals surface area contributed by atoms with Crippen molar-refractivity contribution in [1.29, 1.82) is 0 Å². The number of nitrogens with zero attached hydrogens (tertiary/aromatic N) is 1. The van der Waals surface area contributed by atoms with E-state index < -0.39 is 0 Å². The molecule has 0 aliphatic rings. The topological polar surface area (TPSA) is 65.2 Å². The highest BCUT2D eigenvalue weighted by Crippen LogP contribution is 2.29. The number of hydrogen-bond donors (Lipinski definition) is 1. The molecule has 2 N–H and O–H groups in total. The summed E-state index contributed by atoms with van der Waals surface area (Å²) in [5.41, 5.74) is 6.17. The van der Waals surface area contributed by atoms with Gasteiger partial charge in [-0.25, -0.2) is 4.98 Å². The fourth-order valence-corrected chi connectivity index (χ4v) is 2.27. The lowest BCUT2D eigenvalue weighted by Crippen LogP contribution is -2.13. The van der Waals surface area contributed by atoms with Crippen LogP contribution in [0.1, 0.15) is 17.9 Å². The van der Waals surface area contributed by atoms with Gasteiger partial charge in [-0.05, 0) is 13.2 Å². The summed E-state index contributed by atoms with van der Waals surface area (Å²) >= 11 is 2.73. The molecule has 1 aromatic rings. The zero-order chi connectivity index (χ0) is 10.6. The van der Waals surface area contributed by atoms with Crippen LogP contribution in [0.5, 0.6) is 0 Å². The maximum atomic E-state index is 11.5. The zero-order valence-corrected chi connectivity index (χ0v) is 9.65. The minimum Gasteiger partial charge on any atom is -0.465 e. The number of anilines is 1. The van der Waals surface area contributed by atoms with Gasteiger partial charge in [-0.2, -0.15) is 0 Å². The molecule has 0 bridgehead atoms. The minimum absolute atomic E-state index is 0.259. The number of aromatic nitrogens is 1. The lowest BCUT2D eigenvalue weighted by atomic mass is 10.3. The van der Waals surface area contributed by atoms with Crippen LogP contribution in [0, 0.1) is 0 Å². The Morgan fingerprint density at radius 1 is 1.86 bits per heavy atom. The molecule has 0 saturated carbocycles. The average molecular weight is 232 g/mol. The van der Waals surface area contributed by atoms with Crippen LogP contribution in [-0.2, 0) is 9.53 Å². The molecule has 0 aliphatic carbocycles. The third-order valence-electron chi connectivity index (χ3n) is 1.54. The molecule has 0 aliphatic heterocycles. The number of nitrogens with two attached hydrogens (primary N) is 1. The van der Waals surface area contributed by atoms with Gasteiger partial charge in [0.25, 0.3) is 0 Å². The van der Waals surface area contributed by atoms with E-state index in [0.717, 1.165) is 0 Å². The number of thiazole rings is 1. The van der Waals surface area contributed by atoms with Crippen LogP contribution in [0.3, 0.4) is 0 Å². The Balaban J connectivity index is 2.76. The number of rotatable bonds is 4. The Morgan fingerprint density at radius 3 is 3.00 bits per heavy atom. The highest BCUT2D eigenvalue weighted by atomic mass is 32.2. The summed E-state index contributed by atoms with van der Waals surface area (Å²) in [6, 6.07) is 0. The predicted octanol–water partition coefficient (Wildman–Crippen LogP) is 1.69. The minimum atomic E-state index is -0.358. The summed E-state index contributed by atoms with van der Waals surface area (Å²) in [4.78, 5) is 15.5. The zero-order valence-electron chi connectivity index (χ0n) is 8.02. The molecule has 1 unspecified atom stereocenters. The average Bonchev–Trinajstić information content (AvgIpc) is 2.54. The van der Waals surface area contributed by atoms with E-state index in [2.05, 4.69) is 4.98 Å². The fraction of sp³-hybridized carbons (Fsp3) is 0.500. The standard InChI is InChI=1S/C8H12N2O2S2/c1-3-12-7(11)6(13-2)5-4-14-8(9)10-5/h4,6H,3H2,1-2H3,(H2,9,10). The second-order valence-electron chi connectivity index (χ2n) is 2.48. The molecule has 0 spiro atoms. The summed E-state index contributed by atoms with van der Waals surface area (Å²) in [7, 11) is 0. The molecule has 4 nitrogen and oxygen atoms in total. The van der Waals surface area contributed by atoms with Crippen molar-refractivity contribution in [2.24, 2.45) is 0 Å². The Kier molecular flexibility index (Phi) is 4.21. The number of ether oxygens (including phenoxy) is 1. The number of thioether (sulfide) groups is 1. The fourth-order valence-electron chi connectivity index (χ4n) is 0.977. The third-order valence-corrected chi connectivity index (χ3v) is 3.14. The first-order valence-electron chi connectivity index (χ1n) is 4.09. The molecule has 1 heterocycles. The van der Waals surface area contributed by atoms with E-state index in [4.69, 9.17) is 10.5 Å². The number of nitrogen functional groups attached to an aromatic ring is 1. The molecule has 0 radical (unpaired) electrons. The highest BCUT2D eigenvalue weighted by molar-refractivity contribution is 7.99. The van der Waals surface area contributed by atoms with Crippen molar-refractivity contribution in [3.05, 3.63) is 11.1 Å². The molecule has 1 rings (SSSR count). The van der Waals surface area contributed by atoms with Crippen LogP contribution in [0.25, 0.3) is 0 Å². The van der Waals surface area contributed by atoms with Gasteiger partial charge in [0.05, 0.1) is 12.3 Å². The molecule has 0 amide bonds. The Hall–Kier alpha value is -0.750. The maximum absolute atomic E-state index is 11.5. The van der Waals surface area contributed by atoms with E-state index in [1.54, 1.807) is 12.3 Å². The van der Waals surface area contributed by atoms with Gasteiger partial charge in [0, 0.05) is 5.38 Å². The molecule has 1 aromatic heterocycles. The summed E-state index contributed by atoms with van der Waals surface area (Å²) < 4.78 is 4.92. The van der Waals surface area contributed by atoms with Gasteiger partial charge in [0.2, 0.25) is 0 Å². The predicted molar refractivity (Wildman–Crippen MR) is 59.4 cm³/mol. The quantitative estimate of drug-likeness (QED) is 0.800. The lowest BCUT2D eigenvalue weighted by molar-refractivity contribution is -0.142. The van der Waals surface area contributed by atoms with Crippen molar-refractivity contribution in [1.82, 2.24) is 4.98 Å². The second-order valence-corrected chi connectivity index (χ2v) is 4.31. The van der Waals surface area contributed by atoms with Gasteiger partial charge >= 0.3 is 5.97 Å². The van der Waals surface area contributed by atoms with Crippen LogP contribution in [0.2, 0.25) is 0 Å². The molecule has 0 aromatic carbocycles. The second kappa shape index (κ2) is 5.21. The SMILES string of the molecule is CCOC(=O)C(SC)c1csc(N)n1. The van der Waals surface area contributed by atoms with Gasteiger partial charge in [-0.15, -0.1) is 23.1 Å². The van der Waals surface area contributed by atoms with E-state index in [-0.39, 0.29) is 11.2 Å². The number of carbonyl (C=O) groups excluding carboxylic acids is 1. The monoisotopic (exact) mass is 232 g/mol. The van der Waals surface area contributed by atoms with Crippen LogP contribution in [0.15, 0.2) is 5.38 Å². The van der Waals surface area contributed by atoms with Crippen LogP contribution < -0.4 is 5.73 Å². The molecule has 14 heavy (non-hydrogen) atoms. The normalized spacial score (nSPS) is 12.4. The van der Waals surface area contributed by atoms with Gasteiger partial charge in [0.1, 0.15) is 5.25 Å². The Morgan fingerprint density at radius 2 is 2.57 bits per heavy atom. The summed E-state index contributed by atoms with van der Waals surface area (Å²) in [5.74, 6) is -0.259. The van der Waals surface area contributed by atoms with Crippen molar-refractivity contribution >= 4 is 34.2 Å². The first-order valence-corrected chi connectivity index (χ1v) is 6.26. The van der Waals surface area contributed by atoms with E-state index in [1.807, 2.05) is 6.26 Å². The van der Waals surface area contributed by atoms with Gasteiger partial charge in [-0.3, -0.25) is 4.79 Å². The Bertz CT molecular complexity index is 314. The van der Waals surface area contributed by atoms with Crippen molar-refractivity contribution < 1.29 is 9.53 Å². The van der Waals surface area contributed by atoms with Crippen LogP contribution in [0.4, 0.5) is 5.13 Å². The van der Waals surface area contributed by atoms with Gasteiger partial charge < -0.3 is 10.5 Å². The van der Waals surface area contributed by atoms with Gasteiger partial charge in [0.15, 0.2) is 5.13 Å². The molecule has 6 heteroatoms. The van der Waals surface area contributed by atoms with E-state index in [9.17, 15) is 4.79 Å². The van der Waals surface area contributed by atoms with Crippen molar-refractivity contribution in [2.45, 2.75) is 12.2 Å². The largest absolute Gasteiger partial charge is 0.465 e. The molecular weight excluding hydrogens is 220 g/mol. The van der Waals surface area contributed by atoms with Crippen molar-refractivity contribution in [3.63, 3.8) is 0 Å². The maximum Gasteiger partial charge on any atom is 0.325 e. The molecular formula is C8H12N2O2S2. The summed E-state index contributed by atoms with van der Waals surface area (Å²) in [5, 5.41) is 1.90.